The van der Waals surface area contributed by atoms with Gasteiger partial charge in [0.05, 0.1) is 16.7 Å². The van der Waals surface area contributed by atoms with Gasteiger partial charge in [-0.15, -0.1) is 0 Å². The summed E-state index contributed by atoms with van der Waals surface area (Å²) in [5, 5.41) is 11.2. The van der Waals surface area contributed by atoms with Crippen LogP contribution in [-0.4, -0.2) is 0 Å². The predicted molar refractivity (Wildman–Crippen MR) is 112 cm³/mol. The van der Waals surface area contributed by atoms with Crippen molar-refractivity contribution in [2.24, 2.45) is 0 Å². The van der Waals surface area contributed by atoms with E-state index in [2.05, 4.69) is 6.07 Å². The first-order valence-corrected chi connectivity index (χ1v) is 9.23. The van der Waals surface area contributed by atoms with Gasteiger partial charge in [0.25, 0.3) is 0 Å². The molecule has 0 N–H and O–H groups in total. The third-order valence-corrected chi connectivity index (χ3v) is 4.78. The summed E-state index contributed by atoms with van der Waals surface area (Å²) in [6, 6.07) is 22.3. The lowest BCUT2D eigenvalue weighted by molar-refractivity contribution is 0.306. The maximum atomic E-state index is 9.53. The number of allylic oxidation sites excluding steroid dienone is 1. The van der Waals surface area contributed by atoms with Crippen LogP contribution in [-0.2, 0) is 6.61 Å². The van der Waals surface area contributed by atoms with Crippen molar-refractivity contribution in [2.75, 3.05) is 0 Å². The van der Waals surface area contributed by atoms with Gasteiger partial charge in [0.2, 0.25) is 0 Å². The van der Waals surface area contributed by atoms with Gasteiger partial charge < -0.3 is 4.74 Å². The molecule has 5 heteroatoms. The molecule has 0 fully saturated rings. The lowest BCUT2D eigenvalue weighted by Crippen LogP contribution is -1.96. The fourth-order valence-corrected chi connectivity index (χ4v) is 3.22. The van der Waals surface area contributed by atoms with Crippen molar-refractivity contribution in [2.45, 2.75) is 6.61 Å². The van der Waals surface area contributed by atoms with E-state index >= 15 is 0 Å². The van der Waals surface area contributed by atoms with Crippen LogP contribution in [0.5, 0.6) is 5.75 Å². The van der Waals surface area contributed by atoms with Gasteiger partial charge in [0.1, 0.15) is 12.4 Å². The predicted octanol–water partition coefficient (Wildman–Crippen LogP) is 7.29. The minimum absolute atomic E-state index is 0.362. The first kappa shape index (κ1) is 19.3. The zero-order chi connectivity index (χ0) is 19.2. The number of nitrogens with zero attached hydrogens (tertiary/aromatic N) is 1. The molecule has 0 aliphatic rings. The molecule has 2 nitrogen and oxygen atoms in total. The quantitative estimate of drug-likeness (QED) is 0.324. The highest BCUT2D eigenvalue weighted by atomic mass is 35.5. The van der Waals surface area contributed by atoms with Crippen LogP contribution in [0.4, 0.5) is 0 Å². The number of hydrogen-bond acceptors (Lipinski definition) is 2. The Bertz CT molecular complexity index is 1040. The molecule has 0 saturated heterocycles. The number of halogens is 3. The Kier molecular flexibility index (Phi) is 6.42. The minimum Gasteiger partial charge on any atom is -0.489 e. The van der Waals surface area contributed by atoms with Gasteiger partial charge in [-0.3, -0.25) is 0 Å². The minimum atomic E-state index is 0.362. The van der Waals surface area contributed by atoms with Crippen LogP contribution in [0.1, 0.15) is 16.7 Å². The number of hydrogen-bond donors (Lipinski definition) is 0. The van der Waals surface area contributed by atoms with Crippen molar-refractivity contribution < 1.29 is 4.74 Å². The Morgan fingerprint density at radius 1 is 0.926 bits per heavy atom. The average molecular weight is 415 g/mol. The van der Waals surface area contributed by atoms with Crippen molar-refractivity contribution >= 4 is 46.5 Å². The Labute approximate surface area is 173 Å². The highest BCUT2D eigenvalue weighted by Gasteiger charge is 2.08. The van der Waals surface area contributed by atoms with Gasteiger partial charge in [-0.2, -0.15) is 5.26 Å². The molecule has 0 bridgehead atoms. The topological polar surface area (TPSA) is 33.0 Å². The monoisotopic (exact) mass is 413 g/mol. The van der Waals surface area contributed by atoms with E-state index in [0.29, 0.717) is 38.6 Å². The highest BCUT2D eigenvalue weighted by molar-refractivity contribution is 6.36. The second-order valence-corrected chi connectivity index (χ2v) is 7.00. The first-order chi connectivity index (χ1) is 13.1. The van der Waals surface area contributed by atoms with E-state index in [1.165, 1.54) is 0 Å². The van der Waals surface area contributed by atoms with Crippen LogP contribution in [0.25, 0.3) is 11.6 Å². The Hall–Kier alpha value is -2.44. The van der Waals surface area contributed by atoms with E-state index < -0.39 is 0 Å². The standard InChI is InChI=1S/C22H14Cl3NO/c23-18-8-9-20(22(25)12-18)17(13-26)10-15-4-3-6-19(11-15)27-14-16-5-1-2-7-21(16)24/h1-12H,14H2/b17-10+. The Morgan fingerprint density at radius 3 is 2.48 bits per heavy atom. The summed E-state index contributed by atoms with van der Waals surface area (Å²) >= 11 is 18.3. The van der Waals surface area contributed by atoms with E-state index in [9.17, 15) is 5.26 Å². The maximum Gasteiger partial charge on any atom is 0.120 e. The summed E-state index contributed by atoms with van der Waals surface area (Å²) in [6.45, 7) is 0.362. The van der Waals surface area contributed by atoms with Crippen LogP contribution >= 0.6 is 34.8 Å². The molecule has 0 aromatic heterocycles. The van der Waals surface area contributed by atoms with Crippen LogP contribution in [0, 0.1) is 11.3 Å². The van der Waals surface area contributed by atoms with Crippen LogP contribution in [0.3, 0.4) is 0 Å². The molecule has 27 heavy (non-hydrogen) atoms. The van der Waals surface area contributed by atoms with Gasteiger partial charge in [-0.05, 0) is 42.0 Å². The van der Waals surface area contributed by atoms with Gasteiger partial charge in [0.15, 0.2) is 0 Å². The zero-order valence-electron chi connectivity index (χ0n) is 14.1. The van der Waals surface area contributed by atoms with Crippen LogP contribution in [0.2, 0.25) is 15.1 Å². The lowest BCUT2D eigenvalue weighted by atomic mass is 10.0. The van der Waals surface area contributed by atoms with Gasteiger partial charge >= 0.3 is 0 Å². The van der Waals surface area contributed by atoms with E-state index in [0.717, 1.165) is 11.1 Å². The average Bonchev–Trinajstić information content (AvgIpc) is 2.66. The van der Waals surface area contributed by atoms with Gasteiger partial charge in [-0.25, -0.2) is 0 Å². The van der Waals surface area contributed by atoms with E-state index in [1.807, 2.05) is 48.5 Å². The van der Waals surface area contributed by atoms with Crippen LogP contribution < -0.4 is 4.74 Å². The third-order valence-electron chi connectivity index (χ3n) is 3.86. The highest BCUT2D eigenvalue weighted by Crippen LogP contribution is 2.29. The Balaban J connectivity index is 1.83. The smallest absolute Gasteiger partial charge is 0.120 e. The summed E-state index contributed by atoms with van der Waals surface area (Å²) in [7, 11) is 0. The molecule has 0 heterocycles. The molecular formula is C22H14Cl3NO. The molecule has 3 aromatic carbocycles. The van der Waals surface area contributed by atoms with Crippen molar-refractivity contribution in [3.63, 3.8) is 0 Å². The lowest BCUT2D eigenvalue weighted by Gasteiger charge is -2.09. The van der Waals surface area contributed by atoms with Crippen molar-refractivity contribution in [1.82, 2.24) is 0 Å². The molecule has 0 aliphatic carbocycles. The van der Waals surface area contributed by atoms with Crippen molar-refractivity contribution in [1.29, 1.82) is 5.26 Å². The summed E-state index contributed by atoms with van der Waals surface area (Å²) in [4.78, 5) is 0. The third kappa shape index (κ3) is 5.05. The maximum absolute atomic E-state index is 9.53. The van der Waals surface area contributed by atoms with E-state index in [4.69, 9.17) is 39.5 Å². The molecule has 3 rings (SSSR count). The molecule has 3 aromatic rings. The van der Waals surface area contributed by atoms with Gasteiger partial charge in [0, 0.05) is 21.2 Å². The SMILES string of the molecule is N#C/C(=C\c1cccc(OCc2ccccc2Cl)c1)c1ccc(Cl)cc1Cl. The molecule has 0 spiro atoms. The molecule has 0 aliphatic heterocycles. The fourth-order valence-electron chi connectivity index (χ4n) is 2.52. The molecule has 0 saturated carbocycles. The zero-order valence-corrected chi connectivity index (χ0v) is 16.4. The van der Waals surface area contributed by atoms with Crippen molar-refractivity contribution in [3.8, 4) is 11.8 Å². The summed E-state index contributed by atoms with van der Waals surface area (Å²) in [5.41, 5.74) is 2.81. The number of benzene rings is 3. The largest absolute Gasteiger partial charge is 0.489 e. The molecule has 0 radical (unpaired) electrons. The second kappa shape index (κ2) is 8.97. The van der Waals surface area contributed by atoms with E-state index in [-0.39, 0.29) is 0 Å². The van der Waals surface area contributed by atoms with Gasteiger partial charge in [-0.1, -0.05) is 71.2 Å². The van der Waals surface area contributed by atoms with Crippen molar-refractivity contribution in [3.05, 3.63) is 98.5 Å². The van der Waals surface area contributed by atoms with Crippen LogP contribution in [0.15, 0.2) is 66.7 Å². The molecule has 134 valence electrons. The second-order valence-electron chi connectivity index (χ2n) is 5.75. The molecular weight excluding hydrogens is 401 g/mol. The normalized spacial score (nSPS) is 11.1. The number of rotatable bonds is 5. The van der Waals surface area contributed by atoms with E-state index in [1.54, 1.807) is 24.3 Å². The number of nitriles is 1. The summed E-state index contributed by atoms with van der Waals surface area (Å²) in [6.07, 6.45) is 1.76. The molecule has 0 unspecified atom stereocenters. The first-order valence-electron chi connectivity index (χ1n) is 8.10. The summed E-state index contributed by atoms with van der Waals surface area (Å²) < 4.78 is 5.83. The fraction of sp³-hybridized carbons (Fsp3) is 0.0455. The molecule has 0 amide bonds. The Morgan fingerprint density at radius 2 is 1.74 bits per heavy atom. The molecule has 0 atom stereocenters. The summed E-state index contributed by atoms with van der Waals surface area (Å²) in [5.74, 6) is 0.683. The number of ether oxygens (including phenoxy) is 1.